The fraction of sp³-hybridized carbons (Fsp3) is 0.214. The van der Waals surface area contributed by atoms with Gasteiger partial charge in [-0.1, -0.05) is 17.7 Å². The van der Waals surface area contributed by atoms with Crippen LogP contribution in [0.5, 0.6) is 11.5 Å². The summed E-state index contributed by atoms with van der Waals surface area (Å²) in [5.74, 6) is 1.04. The number of amides is 1. The first-order valence-corrected chi connectivity index (χ1v) is 13.1. The molecule has 0 saturated carbocycles. The number of rotatable bonds is 9. The number of aryl methyl sites for hydroxylation is 1. The summed E-state index contributed by atoms with van der Waals surface area (Å²) >= 11 is 6.40. The fourth-order valence-corrected chi connectivity index (χ4v) is 4.39. The van der Waals surface area contributed by atoms with Crippen molar-refractivity contribution in [1.29, 1.82) is 0 Å². The topological polar surface area (TPSA) is 106 Å². The molecule has 0 spiro atoms. The van der Waals surface area contributed by atoms with Crippen LogP contribution >= 0.6 is 11.6 Å². The molecule has 0 fully saturated rings. The molecule has 212 valence electrons. The van der Waals surface area contributed by atoms with E-state index in [2.05, 4.69) is 30.9 Å². The van der Waals surface area contributed by atoms with Gasteiger partial charge in [0.15, 0.2) is 0 Å². The zero-order valence-electron chi connectivity index (χ0n) is 21.6. The smallest absolute Gasteiger partial charge is 0.416 e. The molecule has 3 heterocycles. The van der Waals surface area contributed by atoms with Crippen LogP contribution in [0, 0.1) is 0 Å². The highest BCUT2D eigenvalue weighted by molar-refractivity contribution is 6.32. The highest BCUT2D eigenvalue weighted by atomic mass is 35.5. The number of carbonyl (C=O) groups excluding carboxylic acids is 1. The van der Waals surface area contributed by atoms with Crippen molar-refractivity contribution >= 4 is 40.9 Å². The summed E-state index contributed by atoms with van der Waals surface area (Å²) in [5, 5.41) is 9.55. The molecule has 9 nitrogen and oxygen atoms in total. The van der Waals surface area contributed by atoms with Crippen LogP contribution in [0.15, 0.2) is 73.1 Å². The van der Waals surface area contributed by atoms with Crippen LogP contribution in [0.4, 0.5) is 30.5 Å². The summed E-state index contributed by atoms with van der Waals surface area (Å²) in [5.41, 5.74) is 0.919. The molecular formula is C28H25ClF3N7O2. The summed E-state index contributed by atoms with van der Waals surface area (Å²) < 4.78 is 46.7. The molecule has 4 aromatic rings. The monoisotopic (exact) mass is 583 g/mol. The fourth-order valence-electron chi connectivity index (χ4n) is 4.17. The number of hydrogen-bond donors (Lipinski definition) is 3. The van der Waals surface area contributed by atoms with Gasteiger partial charge in [0.05, 0.1) is 22.5 Å². The van der Waals surface area contributed by atoms with Crippen LogP contribution in [0.25, 0.3) is 6.08 Å². The minimum atomic E-state index is -4.49. The summed E-state index contributed by atoms with van der Waals surface area (Å²) in [6.45, 7) is 1.78. The number of anilines is 3. The van der Waals surface area contributed by atoms with E-state index in [0.29, 0.717) is 48.0 Å². The second-order valence-corrected chi connectivity index (χ2v) is 9.55. The van der Waals surface area contributed by atoms with Crippen molar-refractivity contribution in [2.45, 2.75) is 25.6 Å². The zero-order valence-corrected chi connectivity index (χ0v) is 22.3. The minimum Gasteiger partial charge on any atom is -0.456 e. The van der Waals surface area contributed by atoms with Crippen LogP contribution in [0.2, 0.25) is 5.02 Å². The van der Waals surface area contributed by atoms with Gasteiger partial charge in [-0.15, -0.1) is 0 Å². The highest BCUT2D eigenvalue weighted by Gasteiger charge is 2.30. The van der Waals surface area contributed by atoms with Crippen molar-refractivity contribution in [3.05, 3.63) is 89.2 Å². The van der Waals surface area contributed by atoms with Crippen LogP contribution in [0.1, 0.15) is 24.0 Å². The Hall–Kier alpha value is -4.58. The second-order valence-electron chi connectivity index (χ2n) is 9.14. The van der Waals surface area contributed by atoms with E-state index in [9.17, 15) is 18.0 Å². The number of aromatic nitrogens is 4. The van der Waals surface area contributed by atoms with Gasteiger partial charge < -0.3 is 25.3 Å². The number of benzene rings is 2. The SMILES string of the molecule is O=C(NCCCn1ccnc1)C1=Cc2c(ncnc2Nc2ccc(Oc3cccc(C(F)(F)F)c3)c(Cl)c2)NCC1. The number of halogens is 4. The van der Waals surface area contributed by atoms with Gasteiger partial charge in [-0.05, 0) is 55.3 Å². The van der Waals surface area contributed by atoms with Crippen molar-refractivity contribution < 1.29 is 22.7 Å². The van der Waals surface area contributed by atoms with E-state index in [1.54, 1.807) is 36.8 Å². The predicted molar refractivity (Wildman–Crippen MR) is 149 cm³/mol. The Morgan fingerprint density at radius 2 is 2.05 bits per heavy atom. The molecule has 0 radical (unpaired) electrons. The number of imidazole rings is 1. The first-order chi connectivity index (χ1) is 19.8. The van der Waals surface area contributed by atoms with Crippen molar-refractivity contribution in [1.82, 2.24) is 24.8 Å². The third kappa shape index (κ3) is 7.14. The molecule has 3 N–H and O–H groups in total. The molecular weight excluding hydrogens is 559 g/mol. The van der Waals surface area contributed by atoms with Gasteiger partial charge in [0, 0.05) is 43.3 Å². The zero-order chi connectivity index (χ0) is 28.8. The third-order valence-electron chi connectivity index (χ3n) is 6.20. The van der Waals surface area contributed by atoms with Gasteiger partial charge in [-0.25, -0.2) is 15.0 Å². The van der Waals surface area contributed by atoms with Gasteiger partial charge in [-0.3, -0.25) is 4.79 Å². The molecule has 0 unspecified atom stereocenters. The number of carbonyl (C=O) groups is 1. The Bertz CT molecular complexity index is 1560. The van der Waals surface area contributed by atoms with E-state index in [4.69, 9.17) is 16.3 Å². The normalized spacial score (nSPS) is 12.9. The molecule has 0 atom stereocenters. The molecule has 0 bridgehead atoms. The van der Waals surface area contributed by atoms with Crippen molar-refractivity contribution in [3.8, 4) is 11.5 Å². The average molecular weight is 584 g/mol. The Kier molecular flexibility index (Phi) is 8.39. The first kappa shape index (κ1) is 28.0. The summed E-state index contributed by atoms with van der Waals surface area (Å²) in [4.78, 5) is 25.6. The van der Waals surface area contributed by atoms with E-state index < -0.39 is 11.7 Å². The van der Waals surface area contributed by atoms with E-state index in [1.165, 1.54) is 18.5 Å². The summed E-state index contributed by atoms with van der Waals surface area (Å²) in [6, 6.07) is 9.33. The molecule has 2 aromatic heterocycles. The predicted octanol–water partition coefficient (Wildman–Crippen LogP) is 6.29. The number of ether oxygens (including phenoxy) is 1. The van der Waals surface area contributed by atoms with Crippen molar-refractivity contribution in [2.75, 3.05) is 23.7 Å². The standard InChI is InChI=1S/C28H25ClF3N7O2/c29-23-15-20(5-6-24(23)41-21-4-1-3-19(14-21)28(30,31)32)38-26-22-13-18(7-9-34-25(22)36-16-37-26)27(40)35-8-2-11-39-12-10-33-17-39/h1,3-6,10,12-17H,2,7-9,11H2,(H,35,40)(H2,34,36,37,38). The molecule has 0 aliphatic carbocycles. The van der Waals surface area contributed by atoms with Crippen LogP contribution in [-0.4, -0.2) is 38.5 Å². The average Bonchev–Trinajstić information content (AvgIpc) is 3.36. The maximum atomic E-state index is 13.0. The second kappa shape index (κ2) is 12.3. The van der Waals surface area contributed by atoms with Crippen LogP contribution in [-0.2, 0) is 17.5 Å². The lowest BCUT2D eigenvalue weighted by atomic mass is 10.1. The maximum Gasteiger partial charge on any atom is 0.416 e. The van der Waals surface area contributed by atoms with E-state index in [-0.39, 0.29) is 22.4 Å². The van der Waals surface area contributed by atoms with Gasteiger partial charge in [-0.2, -0.15) is 13.2 Å². The van der Waals surface area contributed by atoms with E-state index >= 15 is 0 Å². The number of hydrogen-bond acceptors (Lipinski definition) is 7. The quantitative estimate of drug-likeness (QED) is 0.199. The van der Waals surface area contributed by atoms with Gasteiger partial charge in [0.2, 0.25) is 5.91 Å². The molecule has 2 aromatic carbocycles. The van der Waals surface area contributed by atoms with Gasteiger partial charge >= 0.3 is 6.18 Å². The maximum absolute atomic E-state index is 13.0. The highest BCUT2D eigenvalue weighted by Crippen LogP contribution is 2.36. The summed E-state index contributed by atoms with van der Waals surface area (Å²) in [6.07, 6.45) is 5.24. The molecule has 0 saturated heterocycles. The van der Waals surface area contributed by atoms with E-state index in [0.717, 1.165) is 25.1 Å². The summed E-state index contributed by atoms with van der Waals surface area (Å²) in [7, 11) is 0. The number of nitrogens with one attached hydrogen (secondary N) is 3. The largest absolute Gasteiger partial charge is 0.456 e. The molecule has 13 heteroatoms. The molecule has 1 aliphatic rings. The van der Waals surface area contributed by atoms with E-state index in [1.807, 2.05) is 10.8 Å². The van der Waals surface area contributed by atoms with Crippen LogP contribution in [0.3, 0.4) is 0 Å². The number of alkyl halides is 3. The van der Waals surface area contributed by atoms with Gasteiger partial charge in [0.1, 0.15) is 29.5 Å². The number of fused-ring (bicyclic) bond motifs is 1. The van der Waals surface area contributed by atoms with Crippen molar-refractivity contribution in [3.63, 3.8) is 0 Å². The molecule has 5 rings (SSSR count). The Morgan fingerprint density at radius 3 is 2.83 bits per heavy atom. The molecule has 41 heavy (non-hydrogen) atoms. The Balaban J connectivity index is 1.28. The Morgan fingerprint density at radius 1 is 1.17 bits per heavy atom. The first-order valence-electron chi connectivity index (χ1n) is 12.7. The lowest BCUT2D eigenvalue weighted by Gasteiger charge is -2.14. The minimum absolute atomic E-state index is 0.00676. The third-order valence-corrected chi connectivity index (χ3v) is 6.50. The number of nitrogens with zero attached hydrogens (tertiary/aromatic N) is 4. The van der Waals surface area contributed by atoms with Gasteiger partial charge in [0.25, 0.3) is 0 Å². The molecule has 1 aliphatic heterocycles. The van der Waals surface area contributed by atoms with Crippen LogP contribution < -0.4 is 20.7 Å². The van der Waals surface area contributed by atoms with Crippen molar-refractivity contribution in [2.24, 2.45) is 0 Å². The molecule has 1 amide bonds. The lowest BCUT2D eigenvalue weighted by molar-refractivity contribution is -0.137. The lowest BCUT2D eigenvalue weighted by Crippen LogP contribution is -2.27. The Labute approximate surface area is 238 Å².